The van der Waals surface area contributed by atoms with Crippen LogP contribution in [0.25, 0.3) is 5.69 Å². The van der Waals surface area contributed by atoms with E-state index < -0.39 is 21.7 Å². The third-order valence-corrected chi connectivity index (χ3v) is 4.20. The second-order valence-electron chi connectivity index (χ2n) is 6.07. The van der Waals surface area contributed by atoms with Crippen molar-refractivity contribution in [1.29, 1.82) is 0 Å². The normalized spacial score (nSPS) is 11.6. The molecule has 7 nitrogen and oxygen atoms in total. The van der Waals surface area contributed by atoms with Crippen LogP contribution in [0.3, 0.4) is 0 Å². The minimum Gasteiger partial charge on any atom is -0.323 e. The Morgan fingerprint density at radius 2 is 1.78 bits per heavy atom. The van der Waals surface area contributed by atoms with Crippen LogP contribution in [0.4, 0.5) is 20.4 Å². The number of halogens is 2. The highest BCUT2D eigenvalue weighted by Gasteiger charge is 2.08. The molecule has 0 bridgehead atoms. The fraction of sp³-hybridized carbons (Fsp3) is 0.176. The van der Waals surface area contributed by atoms with Crippen LogP contribution >= 0.6 is 0 Å². The van der Waals surface area contributed by atoms with Gasteiger partial charge >= 0.3 is 0 Å². The van der Waals surface area contributed by atoms with Crippen LogP contribution in [0.5, 0.6) is 0 Å². The number of benzene rings is 2. The molecule has 0 saturated carbocycles. The van der Waals surface area contributed by atoms with Gasteiger partial charge in [0.05, 0.1) is 11.9 Å². The number of sulfonamides is 1. The lowest BCUT2D eigenvalue weighted by Crippen LogP contribution is -2.21. The summed E-state index contributed by atoms with van der Waals surface area (Å²) in [6, 6.07) is 8.51. The first-order valence-electron chi connectivity index (χ1n) is 7.88. The van der Waals surface area contributed by atoms with Crippen molar-refractivity contribution in [2.24, 2.45) is 0 Å². The summed E-state index contributed by atoms with van der Waals surface area (Å²) in [5.74, 6) is -1.19. The van der Waals surface area contributed by atoms with E-state index in [0.717, 1.165) is 35.6 Å². The zero-order valence-electron chi connectivity index (χ0n) is 14.6. The van der Waals surface area contributed by atoms with Crippen LogP contribution in [-0.2, 0) is 16.6 Å². The quantitative estimate of drug-likeness (QED) is 0.672. The van der Waals surface area contributed by atoms with E-state index in [-0.39, 0.29) is 18.2 Å². The molecule has 1 heterocycles. The predicted octanol–water partition coefficient (Wildman–Crippen LogP) is 2.65. The Morgan fingerprint density at radius 1 is 1.07 bits per heavy atom. The van der Waals surface area contributed by atoms with Gasteiger partial charge in [-0.1, -0.05) is 6.07 Å². The van der Waals surface area contributed by atoms with Gasteiger partial charge in [-0.3, -0.25) is 0 Å². The number of nitrogens with zero attached hydrogens (tertiary/aromatic N) is 3. The van der Waals surface area contributed by atoms with Gasteiger partial charge in [-0.05, 0) is 42.3 Å². The van der Waals surface area contributed by atoms with Crippen molar-refractivity contribution < 1.29 is 17.2 Å². The molecule has 27 heavy (non-hydrogen) atoms. The number of nitrogens with one attached hydrogen (secondary N) is 2. The Hall–Kier alpha value is -2.85. The standard InChI is InChI=1S/C17H17F2N5O2S/c1-11-3-12(9-21-27(2,25)26)5-15(4-11)22-17-20-10-24(23-17)16-7-13(18)6-14(19)8-16/h3-8,10,21H,9H2,1-2H3,(H,22,23). The van der Waals surface area contributed by atoms with Crippen molar-refractivity contribution >= 4 is 21.7 Å². The Bertz CT molecular complexity index is 1060. The first-order valence-corrected chi connectivity index (χ1v) is 9.77. The molecule has 0 saturated heterocycles. The first-order chi connectivity index (χ1) is 12.7. The number of hydrogen-bond acceptors (Lipinski definition) is 5. The fourth-order valence-corrected chi connectivity index (χ4v) is 2.93. The number of rotatable bonds is 6. The van der Waals surface area contributed by atoms with Gasteiger partial charge in [0.25, 0.3) is 0 Å². The third-order valence-electron chi connectivity index (χ3n) is 3.54. The summed E-state index contributed by atoms with van der Waals surface area (Å²) < 4.78 is 52.9. The molecule has 0 aliphatic carbocycles. The second kappa shape index (κ2) is 7.41. The van der Waals surface area contributed by atoms with Crippen molar-refractivity contribution in [3.05, 3.63) is 65.5 Å². The molecule has 142 valence electrons. The van der Waals surface area contributed by atoms with Gasteiger partial charge in [-0.25, -0.2) is 26.6 Å². The SMILES string of the molecule is Cc1cc(CNS(C)(=O)=O)cc(Nc2ncn(-c3cc(F)cc(F)c3)n2)c1. The summed E-state index contributed by atoms with van der Waals surface area (Å²) in [7, 11) is -3.30. The van der Waals surface area contributed by atoms with E-state index in [4.69, 9.17) is 0 Å². The summed E-state index contributed by atoms with van der Waals surface area (Å²) in [4.78, 5) is 4.08. The summed E-state index contributed by atoms with van der Waals surface area (Å²) in [6.07, 6.45) is 2.42. The van der Waals surface area contributed by atoms with E-state index in [1.165, 1.54) is 11.0 Å². The van der Waals surface area contributed by atoms with E-state index in [9.17, 15) is 17.2 Å². The van der Waals surface area contributed by atoms with E-state index in [0.29, 0.717) is 5.69 Å². The molecular weight excluding hydrogens is 376 g/mol. The summed E-state index contributed by atoms with van der Waals surface area (Å²) >= 11 is 0. The third kappa shape index (κ3) is 5.31. The minimum atomic E-state index is -3.30. The highest BCUT2D eigenvalue weighted by atomic mass is 32.2. The molecule has 0 unspecified atom stereocenters. The monoisotopic (exact) mass is 393 g/mol. The Kier molecular flexibility index (Phi) is 5.19. The van der Waals surface area contributed by atoms with E-state index in [1.807, 2.05) is 19.1 Å². The summed E-state index contributed by atoms with van der Waals surface area (Å²) in [5.41, 5.74) is 2.53. The van der Waals surface area contributed by atoms with Crippen molar-refractivity contribution in [3.8, 4) is 5.69 Å². The smallest absolute Gasteiger partial charge is 0.246 e. The Morgan fingerprint density at radius 3 is 2.44 bits per heavy atom. The van der Waals surface area contributed by atoms with Crippen molar-refractivity contribution in [1.82, 2.24) is 19.5 Å². The molecule has 3 rings (SSSR count). The van der Waals surface area contributed by atoms with Crippen LogP contribution in [0.2, 0.25) is 0 Å². The number of anilines is 2. The zero-order chi connectivity index (χ0) is 19.6. The molecular formula is C17H17F2N5O2S. The Balaban J connectivity index is 1.79. The number of hydrogen-bond donors (Lipinski definition) is 2. The highest BCUT2D eigenvalue weighted by Crippen LogP contribution is 2.19. The van der Waals surface area contributed by atoms with E-state index in [1.54, 1.807) is 6.07 Å². The molecule has 0 fully saturated rings. The zero-order valence-corrected chi connectivity index (χ0v) is 15.4. The molecule has 2 aromatic carbocycles. The van der Waals surface area contributed by atoms with Crippen molar-refractivity contribution in [3.63, 3.8) is 0 Å². The first kappa shape index (κ1) is 18.9. The van der Waals surface area contributed by atoms with Gasteiger partial charge in [0.2, 0.25) is 16.0 Å². The van der Waals surface area contributed by atoms with Gasteiger partial charge < -0.3 is 5.32 Å². The summed E-state index contributed by atoms with van der Waals surface area (Å²) in [6.45, 7) is 2.02. The van der Waals surface area contributed by atoms with Crippen LogP contribution in [0, 0.1) is 18.6 Å². The maximum Gasteiger partial charge on any atom is 0.246 e. The molecule has 1 aromatic heterocycles. The number of aryl methyl sites for hydroxylation is 1. The van der Waals surface area contributed by atoms with Gasteiger partial charge in [0.15, 0.2) is 0 Å². The van der Waals surface area contributed by atoms with Gasteiger partial charge in [-0.15, -0.1) is 5.10 Å². The van der Waals surface area contributed by atoms with Crippen LogP contribution in [0.1, 0.15) is 11.1 Å². The van der Waals surface area contributed by atoms with Crippen molar-refractivity contribution in [2.45, 2.75) is 13.5 Å². The molecule has 0 spiro atoms. The molecule has 10 heteroatoms. The van der Waals surface area contributed by atoms with Crippen LogP contribution in [-0.4, -0.2) is 29.4 Å². The summed E-state index contributed by atoms with van der Waals surface area (Å²) in [5, 5.41) is 7.15. The average molecular weight is 393 g/mol. The van der Waals surface area contributed by atoms with Gasteiger partial charge in [0.1, 0.15) is 18.0 Å². The van der Waals surface area contributed by atoms with Gasteiger partial charge in [-0.2, -0.15) is 4.98 Å². The van der Waals surface area contributed by atoms with E-state index in [2.05, 4.69) is 20.1 Å². The maximum atomic E-state index is 13.3. The average Bonchev–Trinajstić information content (AvgIpc) is 2.99. The van der Waals surface area contributed by atoms with Crippen molar-refractivity contribution in [2.75, 3.05) is 11.6 Å². The maximum absolute atomic E-state index is 13.3. The molecule has 0 aliphatic rings. The van der Waals surface area contributed by atoms with Gasteiger partial charge in [0, 0.05) is 18.3 Å². The molecule has 2 N–H and O–H groups in total. The molecule has 3 aromatic rings. The lowest BCUT2D eigenvalue weighted by Gasteiger charge is -2.08. The molecule has 0 aliphatic heterocycles. The highest BCUT2D eigenvalue weighted by molar-refractivity contribution is 7.88. The fourth-order valence-electron chi connectivity index (χ4n) is 2.50. The van der Waals surface area contributed by atoms with E-state index >= 15 is 0 Å². The lowest BCUT2D eigenvalue weighted by molar-refractivity contribution is 0.580. The molecule has 0 atom stereocenters. The second-order valence-corrected chi connectivity index (χ2v) is 7.90. The largest absolute Gasteiger partial charge is 0.323 e. The minimum absolute atomic E-state index is 0.152. The topological polar surface area (TPSA) is 88.9 Å². The Labute approximate surface area is 155 Å². The predicted molar refractivity (Wildman–Crippen MR) is 97.4 cm³/mol. The molecule has 0 radical (unpaired) electrons. The molecule has 0 amide bonds. The lowest BCUT2D eigenvalue weighted by atomic mass is 10.1. The van der Waals surface area contributed by atoms with Crippen LogP contribution < -0.4 is 10.0 Å². The number of aromatic nitrogens is 3. The van der Waals surface area contributed by atoms with Crippen LogP contribution in [0.15, 0.2) is 42.7 Å².